The van der Waals surface area contributed by atoms with E-state index >= 15 is 0 Å². The number of hydrogen-bond donors (Lipinski definition) is 1. The van der Waals surface area contributed by atoms with E-state index in [0.29, 0.717) is 11.3 Å². The second-order valence-electron chi connectivity index (χ2n) is 7.94. The van der Waals surface area contributed by atoms with Gasteiger partial charge in [0, 0.05) is 12.7 Å². The third kappa shape index (κ3) is 5.14. The zero-order chi connectivity index (χ0) is 21.6. The Morgan fingerprint density at radius 2 is 1.90 bits per heavy atom. The van der Waals surface area contributed by atoms with Gasteiger partial charge in [-0.1, -0.05) is 48.9 Å². The Hall–Kier alpha value is -3.12. The molecule has 160 valence electrons. The minimum atomic E-state index is -0.470. The number of carbonyl (C=O) groups excluding carboxylic acids is 1. The van der Waals surface area contributed by atoms with Gasteiger partial charge in [0.2, 0.25) is 0 Å². The number of rotatable bonds is 6. The van der Waals surface area contributed by atoms with Gasteiger partial charge in [-0.2, -0.15) is 0 Å². The maximum absolute atomic E-state index is 13.9. The second kappa shape index (κ2) is 9.79. The minimum Gasteiger partial charge on any atom is -0.319 e. The number of aryl methyl sites for hydroxylation is 1. The first-order valence-electron chi connectivity index (χ1n) is 10.8. The van der Waals surface area contributed by atoms with Gasteiger partial charge in [0.15, 0.2) is 0 Å². The summed E-state index contributed by atoms with van der Waals surface area (Å²) < 4.78 is 13.9. The number of amides is 1. The zero-order valence-corrected chi connectivity index (χ0v) is 17.7. The number of benzene rings is 2. The summed E-state index contributed by atoms with van der Waals surface area (Å²) in [5, 5.41) is 2.61. The van der Waals surface area contributed by atoms with Crippen LogP contribution in [0, 0.1) is 12.7 Å². The standard InChI is InChI=1S/C25H27FN4O/c1-18-20(25(31)29-22-12-6-5-11-21(22)26)17-27-24(28-18)23-13-7-8-15-30(23)16-14-19-9-3-2-4-10-19/h2-6,9-12,17,23H,7-8,13-16H2,1H3,(H,29,31)/t23-/m0/s1. The molecule has 0 radical (unpaired) electrons. The van der Waals surface area contributed by atoms with E-state index in [0.717, 1.165) is 38.2 Å². The number of anilines is 1. The molecule has 1 aliphatic rings. The normalized spacial score (nSPS) is 16.8. The number of carbonyl (C=O) groups is 1. The fourth-order valence-electron chi connectivity index (χ4n) is 4.09. The molecule has 1 saturated heterocycles. The van der Waals surface area contributed by atoms with Crippen LogP contribution in [-0.4, -0.2) is 33.9 Å². The van der Waals surface area contributed by atoms with Crippen LogP contribution in [-0.2, 0) is 6.42 Å². The number of nitrogens with zero attached hydrogens (tertiary/aromatic N) is 3. The number of aromatic nitrogens is 2. The average Bonchev–Trinajstić information content (AvgIpc) is 2.80. The molecule has 0 saturated carbocycles. The third-order valence-electron chi connectivity index (χ3n) is 5.81. The van der Waals surface area contributed by atoms with Crippen LogP contribution in [0.15, 0.2) is 60.8 Å². The largest absolute Gasteiger partial charge is 0.319 e. The Morgan fingerprint density at radius 3 is 2.68 bits per heavy atom. The molecule has 4 rings (SSSR count). The first kappa shape index (κ1) is 21.1. The molecule has 1 fully saturated rings. The van der Waals surface area contributed by atoms with Gasteiger partial charge in [-0.3, -0.25) is 9.69 Å². The number of nitrogens with one attached hydrogen (secondary N) is 1. The van der Waals surface area contributed by atoms with Crippen molar-refractivity contribution < 1.29 is 9.18 Å². The first-order valence-corrected chi connectivity index (χ1v) is 10.8. The molecule has 2 aromatic carbocycles. The van der Waals surface area contributed by atoms with Gasteiger partial charge >= 0.3 is 0 Å². The van der Waals surface area contributed by atoms with Gasteiger partial charge in [-0.25, -0.2) is 14.4 Å². The second-order valence-corrected chi connectivity index (χ2v) is 7.94. The number of para-hydroxylation sites is 1. The Bertz CT molecular complexity index is 1040. The van der Waals surface area contributed by atoms with Crippen LogP contribution in [0.4, 0.5) is 10.1 Å². The molecule has 0 aliphatic carbocycles. The molecule has 3 aromatic rings. The lowest BCUT2D eigenvalue weighted by Crippen LogP contribution is -2.36. The summed E-state index contributed by atoms with van der Waals surface area (Å²) in [7, 11) is 0. The molecule has 31 heavy (non-hydrogen) atoms. The van der Waals surface area contributed by atoms with Gasteiger partial charge in [-0.15, -0.1) is 0 Å². The third-order valence-corrected chi connectivity index (χ3v) is 5.81. The van der Waals surface area contributed by atoms with Gasteiger partial charge in [0.05, 0.1) is 23.0 Å². The van der Waals surface area contributed by atoms with Crippen LogP contribution in [0.1, 0.15) is 52.7 Å². The van der Waals surface area contributed by atoms with Crippen LogP contribution in [0.5, 0.6) is 0 Å². The van der Waals surface area contributed by atoms with Crippen LogP contribution in [0.2, 0.25) is 0 Å². The summed E-state index contributed by atoms with van der Waals surface area (Å²) in [6.45, 7) is 3.78. The van der Waals surface area contributed by atoms with E-state index in [1.807, 2.05) is 6.07 Å². The highest BCUT2D eigenvalue weighted by Gasteiger charge is 2.27. The topological polar surface area (TPSA) is 58.1 Å². The summed E-state index contributed by atoms with van der Waals surface area (Å²) in [5.74, 6) is -0.117. The van der Waals surface area contributed by atoms with Gasteiger partial charge in [-0.05, 0) is 50.4 Å². The molecule has 2 heterocycles. The van der Waals surface area contributed by atoms with E-state index in [1.165, 1.54) is 24.1 Å². The van der Waals surface area contributed by atoms with E-state index in [-0.39, 0.29) is 11.7 Å². The maximum atomic E-state index is 13.9. The van der Waals surface area contributed by atoms with Crippen molar-refractivity contribution in [2.24, 2.45) is 0 Å². The molecule has 1 aromatic heterocycles. The fraction of sp³-hybridized carbons (Fsp3) is 0.320. The van der Waals surface area contributed by atoms with E-state index in [9.17, 15) is 9.18 Å². The lowest BCUT2D eigenvalue weighted by atomic mass is 10.00. The predicted octanol–water partition coefficient (Wildman–Crippen LogP) is 4.95. The van der Waals surface area contributed by atoms with Crippen molar-refractivity contribution >= 4 is 11.6 Å². The summed E-state index contributed by atoms with van der Waals surface area (Å²) in [6.07, 6.45) is 5.88. The number of piperidine rings is 1. The van der Waals surface area contributed by atoms with Crippen molar-refractivity contribution in [3.05, 3.63) is 89.3 Å². The highest BCUT2D eigenvalue weighted by Crippen LogP contribution is 2.29. The average molecular weight is 419 g/mol. The number of halogens is 1. The predicted molar refractivity (Wildman–Crippen MR) is 119 cm³/mol. The number of hydrogen-bond acceptors (Lipinski definition) is 4. The van der Waals surface area contributed by atoms with Crippen LogP contribution >= 0.6 is 0 Å². The monoisotopic (exact) mass is 418 g/mol. The molecule has 0 unspecified atom stereocenters. The summed E-state index contributed by atoms with van der Waals surface area (Å²) in [6, 6.07) is 16.7. The van der Waals surface area contributed by atoms with Gasteiger partial charge in [0.25, 0.3) is 5.91 Å². The summed E-state index contributed by atoms with van der Waals surface area (Å²) in [4.78, 5) is 24.3. The van der Waals surface area contributed by atoms with Gasteiger partial charge in [0.1, 0.15) is 11.6 Å². The van der Waals surface area contributed by atoms with Crippen molar-refractivity contribution in [3.63, 3.8) is 0 Å². The molecular weight excluding hydrogens is 391 g/mol. The molecule has 5 nitrogen and oxygen atoms in total. The molecule has 1 N–H and O–H groups in total. The molecule has 1 amide bonds. The quantitative estimate of drug-likeness (QED) is 0.616. The molecule has 6 heteroatoms. The van der Waals surface area contributed by atoms with Crippen LogP contribution in [0.3, 0.4) is 0 Å². The molecule has 0 bridgehead atoms. The Labute approximate surface area is 182 Å². The van der Waals surface area contributed by atoms with Crippen molar-refractivity contribution in [2.45, 2.75) is 38.6 Å². The SMILES string of the molecule is Cc1nc([C@@H]2CCCCN2CCc2ccccc2)ncc1C(=O)Nc1ccccc1F. The minimum absolute atomic E-state index is 0.148. The molecule has 1 atom stereocenters. The van der Waals surface area contributed by atoms with Gasteiger partial charge < -0.3 is 5.32 Å². The van der Waals surface area contributed by atoms with Crippen molar-refractivity contribution in [1.82, 2.24) is 14.9 Å². The summed E-state index contributed by atoms with van der Waals surface area (Å²) in [5.41, 5.74) is 2.44. The van der Waals surface area contributed by atoms with E-state index in [2.05, 4.69) is 44.5 Å². The lowest BCUT2D eigenvalue weighted by molar-refractivity contribution is 0.102. The maximum Gasteiger partial charge on any atom is 0.259 e. The fourth-order valence-corrected chi connectivity index (χ4v) is 4.09. The van der Waals surface area contributed by atoms with Crippen LogP contribution < -0.4 is 5.32 Å². The lowest BCUT2D eigenvalue weighted by Gasteiger charge is -2.34. The van der Waals surface area contributed by atoms with Crippen molar-refractivity contribution in [1.29, 1.82) is 0 Å². The number of likely N-dealkylation sites (tertiary alicyclic amines) is 1. The Morgan fingerprint density at radius 1 is 1.13 bits per heavy atom. The van der Waals surface area contributed by atoms with Crippen LogP contribution in [0.25, 0.3) is 0 Å². The zero-order valence-electron chi connectivity index (χ0n) is 17.7. The smallest absolute Gasteiger partial charge is 0.259 e. The highest BCUT2D eigenvalue weighted by molar-refractivity contribution is 6.04. The summed E-state index contributed by atoms with van der Waals surface area (Å²) >= 11 is 0. The highest BCUT2D eigenvalue weighted by atomic mass is 19.1. The molecule has 0 spiro atoms. The van der Waals surface area contributed by atoms with Crippen molar-refractivity contribution in [3.8, 4) is 0 Å². The molecule has 1 aliphatic heterocycles. The molecular formula is C25H27FN4O. The van der Waals surface area contributed by atoms with E-state index < -0.39 is 11.7 Å². The first-order chi connectivity index (χ1) is 15.1. The Balaban J connectivity index is 1.47. The van der Waals surface area contributed by atoms with E-state index in [1.54, 1.807) is 25.3 Å². The Kier molecular flexibility index (Phi) is 6.67. The van der Waals surface area contributed by atoms with E-state index in [4.69, 9.17) is 0 Å². The van der Waals surface area contributed by atoms with Crippen molar-refractivity contribution in [2.75, 3.05) is 18.4 Å².